The van der Waals surface area contributed by atoms with Gasteiger partial charge in [-0.25, -0.2) is 0 Å². The standard InChI is InChI=1S/C13H24N2O2/c1-13(6-2-3-7-13)9-15-12(16)11-5-4-10(8-14)17-11/h10-11H,2-9,14H2,1H3,(H,15,16). The minimum Gasteiger partial charge on any atom is -0.364 e. The average molecular weight is 240 g/mol. The van der Waals surface area contributed by atoms with Crippen LogP contribution in [0.2, 0.25) is 0 Å². The molecule has 2 fully saturated rings. The summed E-state index contributed by atoms with van der Waals surface area (Å²) in [7, 11) is 0. The van der Waals surface area contributed by atoms with Crippen LogP contribution in [0.5, 0.6) is 0 Å². The number of ether oxygens (including phenoxy) is 1. The lowest BCUT2D eigenvalue weighted by Gasteiger charge is -2.24. The molecule has 1 heterocycles. The van der Waals surface area contributed by atoms with Crippen LogP contribution < -0.4 is 11.1 Å². The molecular formula is C13H24N2O2. The number of hydrogen-bond acceptors (Lipinski definition) is 3. The number of nitrogens with two attached hydrogens (primary N) is 1. The van der Waals surface area contributed by atoms with Crippen LogP contribution in [0.4, 0.5) is 0 Å². The lowest BCUT2D eigenvalue weighted by molar-refractivity contribution is -0.132. The molecule has 1 amide bonds. The first-order valence-corrected chi connectivity index (χ1v) is 6.76. The summed E-state index contributed by atoms with van der Waals surface area (Å²) in [6.07, 6.45) is 6.56. The van der Waals surface area contributed by atoms with E-state index in [-0.39, 0.29) is 18.1 Å². The molecule has 2 atom stereocenters. The van der Waals surface area contributed by atoms with Gasteiger partial charge in [-0.3, -0.25) is 4.79 Å². The number of carbonyl (C=O) groups is 1. The van der Waals surface area contributed by atoms with Crippen LogP contribution in [0.15, 0.2) is 0 Å². The Balaban J connectivity index is 1.74. The second-order valence-electron chi connectivity index (χ2n) is 5.80. The van der Waals surface area contributed by atoms with Gasteiger partial charge in [-0.15, -0.1) is 0 Å². The van der Waals surface area contributed by atoms with E-state index in [0.29, 0.717) is 12.0 Å². The SMILES string of the molecule is CC1(CNC(=O)C2CCC(CN)O2)CCCC1. The zero-order valence-electron chi connectivity index (χ0n) is 10.7. The fraction of sp³-hybridized carbons (Fsp3) is 0.923. The lowest BCUT2D eigenvalue weighted by atomic mass is 9.89. The van der Waals surface area contributed by atoms with Crippen molar-refractivity contribution in [1.29, 1.82) is 0 Å². The molecule has 98 valence electrons. The predicted molar refractivity (Wildman–Crippen MR) is 66.5 cm³/mol. The van der Waals surface area contributed by atoms with Crippen molar-refractivity contribution in [2.45, 2.75) is 57.7 Å². The fourth-order valence-corrected chi connectivity index (χ4v) is 2.89. The maximum atomic E-state index is 11.9. The van der Waals surface area contributed by atoms with E-state index in [2.05, 4.69) is 12.2 Å². The van der Waals surface area contributed by atoms with Crippen molar-refractivity contribution >= 4 is 5.91 Å². The van der Waals surface area contributed by atoms with Crippen molar-refractivity contribution in [2.24, 2.45) is 11.1 Å². The van der Waals surface area contributed by atoms with Crippen LogP contribution in [-0.2, 0) is 9.53 Å². The fourth-order valence-electron chi connectivity index (χ4n) is 2.89. The zero-order valence-corrected chi connectivity index (χ0v) is 10.7. The monoisotopic (exact) mass is 240 g/mol. The molecule has 2 rings (SSSR count). The third-order valence-corrected chi connectivity index (χ3v) is 4.16. The molecule has 17 heavy (non-hydrogen) atoms. The Bertz CT molecular complexity index is 275. The molecule has 0 radical (unpaired) electrons. The smallest absolute Gasteiger partial charge is 0.249 e. The second-order valence-corrected chi connectivity index (χ2v) is 5.80. The van der Waals surface area contributed by atoms with Gasteiger partial charge in [0.1, 0.15) is 6.10 Å². The zero-order chi connectivity index (χ0) is 12.3. The maximum Gasteiger partial charge on any atom is 0.249 e. The van der Waals surface area contributed by atoms with Crippen LogP contribution in [-0.4, -0.2) is 31.2 Å². The Morgan fingerprint density at radius 1 is 1.41 bits per heavy atom. The average Bonchev–Trinajstić information content (AvgIpc) is 2.95. The summed E-state index contributed by atoms with van der Waals surface area (Å²) in [5, 5.41) is 3.05. The Morgan fingerprint density at radius 3 is 2.71 bits per heavy atom. The molecule has 1 aliphatic carbocycles. The molecule has 0 aromatic carbocycles. The highest BCUT2D eigenvalue weighted by molar-refractivity contribution is 5.81. The van der Waals surface area contributed by atoms with Gasteiger partial charge < -0.3 is 15.8 Å². The van der Waals surface area contributed by atoms with Crippen LogP contribution in [0.25, 0.3) is 0 Å². The summed E-state index contributed by atoms with van der Waals surface area (Å²) in [4.78, 5) is 11.9. The number of carbonyl (C=O) groups excluding carboxylic acids is 1. The number of hydrogen-bond donors (Lipinski definition) is 2. The molecule has 1 saturated heterocycles. The van der Waals surface area contributed by atoms with Crippen molar-refractivity contribution in [3.8, 4) is 0 Å². The molecule has 1 saturated carbocycles. The molecular weight excluding hydrogens is 216 g/mol. The topological polar surface area (TPSA) is 64.4 Å². The highest BCUT2D eigenvalue weighted by Gasteiger charge is 2.33. The number of nitrogens with one attached hydrogen (secondary N) is 1. The predicted octanol–water partition coefficient (Wildman–Crippen LogP) is 1.19. The first-order valence-electron chi connectivity index (χ1n) is 6.76. The summed E-state index contributed by atoms with van der Waals surface area (Å²) in [5.74, 6) is 0.0501. The van der Waals surface area contributed by atoms with Gasteiger partial charge in [0.15, 0.2) is 0 Å². The quantitative estimate of drug-likeness (QED) is 0.776. The first kappa shape index (κ1) is 12.8. The van der Waals surface area contributed by atoms with Gasteiger partial charge in [0.25, 0.3) is 0 Å². The minimum atomic E-state index is -0.270. The summed E-state index contributed by atoms with van der Waals surface area (Å²) in [5.41, 5.74) is 5.84. The van der Waals surface area contributed by atoms with E-state index in [1.807, 2.05) is 0 Å². The third kappa shape index (κ3) is 3.19. The van der Waals surface area contributed by atoms with E-state index >= 15 is 0 Å². The highest BCUT2D eigenvalue weighted by atomic mass is 16.5. The van der Waals surface area contributed by atoms with Gasteiger partial charge in [0.2, 0.25) is 5.91 Å². The van der Waals surface area contributed by atoms with Crippen LogP contribution in [0.3, 0.4) is 0 Å². The van der Waals surface area contributed by atoms with Gasteiger partial charge in [0.05, 0.1) is 6.10 Å². The largest absolute Gasteiger partial charge is 0.364 e. The molecule has 0 aromatic heterocycles. The van der Waals surface area contributed by atoms with Crippen LogP contribution in [0.1, 0.15) is 45.4 Å². The normalized spacial score (nSPS) is 31.6. The van der Waals surface area contributed by atoms with Gasteiger partial charge in [-0.05, 0) is 31.1 Å². The van der Waals surface area contributed by atoms with Crippen molar-refractivity contribution in [2.75, 3.05) is 13.1 Å². The molecule has 2 aliphatic rings. The van der Waals surface area contributed by atoms with E-state index in [1.165, 1.54) is 25.7 Å². The van der Waals surface area contributed by atoms with E-state index in [0.717, 1.165) is 19.4 Å². The van der Waals surface area contributed by atoms with Gasteiger partial charge in [-0.2, -0.15) is 0 Å². The Kier molecular flexibility index (Phi) is 4.05. The van der Waals surface area contributed by atoms with Crippen molar-refractivity contribution in [1.82, 2.24) is 5.32 Å². The van der Waals surface area contributed by atoms with E-state index in [1.54, 1.807) is 0 Å². The molecule has 1 aliphatic heterocycles. The summed E-state index contributed by atoms with van der Waals surface area (Å²) in [6, 6.07) is 0. The first-order chi connectivity index (χ1) is 8.13. The molecule has 0 bridgehead atoms. The van der Waals surface area contributed by atoms with Gasteiger partial charge >= 0.3 is 0 Å². The molecule has 0 aromatic rings. The second kappa shape index (κ2) is 5.36. The van der Waals surface area contributed by atoms with E-state index in [9.17, 15) is 4.79 Å². The van der Waals surface area contributed by atoms with Crippen LogP contribution >= 0.6 is 0 Å². The number of amides is 1. The van der Waals surface area contributed by atoms with E-state index in [4.69, 9.17) is 10.5 Å². The molecule has 2 unspecified atom stereocenters. The molecule has 4 heteroatoms. The van der Waals surface area contributed by atoms with E-state index < -0.39 is 0 Å². The van der Waals surface area contributed by atoms with Gasteiger partial charge in [0, 0.05) is 13.1 Å². The van der Waals surface area contributed by atoms with Crippen LogP contribution in [0, 0.1) is 5.41 Å². The van der Waals surface area contributed by atoms with Crippen molar-refractivity contribution in [3.05, 3.63) is 0 Å². The number of rotatable bonds is 4. The van der Waals surface area contributed by atoms with Crippen molar-refractivity contribution in [3.63, 3.8) is 0 Å². The molecule has 0 spiro atoms. The summed E-state index contributed by atoms with van der Waals surface area (Å²) < 4.78 is 5.58. The summed E-state index contributed by atoms with van der Waals surface area (Å²) >= 11 is 0. The maximum absolute atomic E-state index is 11.9. The van der Waals surface area contributed by atoms with Gasteiger partial charge in [-0.1, -0.05) is 19.8 Å². The lowest BCUT2D eigenvalue weighted by Crippen LogP contribution is -2.40. The third-order valence-electron chi connectivity index (χ3n) is 4.16. The Morgan fingerprint density at radius 2 is 2.12 bits per heavy atom. The Hall–Kier alpha value is -0.610. The molecule has 4 nitrogen and oxygen atoms in total. The summed E-state index contributed by atoms with van der Waals surface area (Å²) in [6.45, 7) is 3.57. The highest BCUT2D eigenvalue weighted by Crippen LogP contribution is 2.36. The van der Waals surface area contributed by atoms with Crippen molar-refractivity contribution < 1.29 is 9.53 Å². The molecule has 3 N–H and O–H groups in total. The minimum absolute atomic E-state index is 0.0501. The Labute approximate surface area is 103 Å².